The molecule has 4 rings (SSSR count). The van der Waals surface area contributed by atoms with E-state index in [-0.39, 0.29) is 5.91 Å². The molecule has 8 heteroatoms. The summed E-state index contributed by atoms with van der Waals surface area (Å²) >= 11 is 3.26. The number of hydrogen-bond donors (Lipinski definition) is 1. The van der Waals surface area contributed by atoms with E-state index in [1.165, 1.54) is 4.52 Å². The Hall–Kier alpha value is -2.35. The number of hydrogen-bond acceptors (Lipinski definition) is 5. The van der Waals surface area contributed by atoms with Gasteiger partial charge in [0.05, 0.1) is 0 Å². The number of carbonyl (C=O) groups excluding carboxylic acids is 1. The molecule has 0 bridgehead atoms. The molecule has 130 valence electrons. The fourth-order valence-electron chi connectivity index (χ4n) is 3.23. The van der Waals surface area contributed by atoms with Crippen LogP contribution in [0, 0.1) is 5.92 Å². The summed E-state index contributed by atoms with van der Waals surface area (Å²) in [6.45, 7) is 3.73. The Bertz CT molecular complexity index is 948. The molecule has 3 aromatic rings. The van der Waals surface area contributed by atoms with Crippen molar-refractivity contribution in [3.05, 3.63) is 34.5 Å². The normalized spacial score (nSPS) is 18.0. The molecule has 1 fully saturated rings. The van der Waals surface area contributed by atoms with Gasteiger partial charge in [0.15, 0.2) is 16.1 Å². The van der Waals surface area contributed by atoms with Crippen molar-refractivity contribution in [2.45, 2.75) is 19.8 Å². The molecule has 1 amide bonds. The number of fused-ring (bicyclic) bond motifs is 1. The minimum absolute atomic E-state index is 0.00829. The highest BCUT2D eigenvalue weighted by molar-refractivity contribution is 9.10. The summed E-state index contributed by atoms with van der Waals surface area (Å²) in [5.41, 5.74) is 7.16. The van der Waals surface area contributed by atoms with E-state index in [9.17, 15) is 4.79 Å². The first-order valence-electron chi connectivity index (χ1n) is 8.22. The second kappa shape index (κ2) is 6.18. The minimum Gasteiger partial charge on any atom is -0.446 e. The maximum absolute atomic E-state index is 12.8. The average Bonchev–Trinajstić information content (AvgIpc) is 3.20. The third-order valence-corrected chi connectivity index (χ3v) is 4.88. The highest BCUT2D eigenvalue weighted by Crippen LogP contribution is 2.25. The standard InChI is InChI=1S/C17H18BrN5O2/c1-10-3-2-6-22(9-10)17(24)11-7-14(19)23-15(8-11)20-16(21-23)12-4-5-13(18)25-12/h4-5,7-8,10H,2-3,6,9,19H2,1H3. The number of pyridine rings is 1. The zero-order valence-electron chi connectivity index (χ0n) is 13.8. The van der Waals surface area contributed by atoms with E-state index in [2.05, 4.69) is 32.9 Å². The van der Waals surface area contributed by atoms with Crippen molar-refractivity contribution in [2.24, 2.45) is 5.92 Å². The van der Waals surface area contributed by atoms with E-state index in [0.29, 0.717) is 39.2 Å². The summed E-state index contributed by atoms with van der Waals surface area (Å²) < 4.78 is 7.60. The van der Waals surface area contributed by atoms with Gasteiger partial charge in [0, 0.05) is 18.7 Å². The van der Waals surface area contributed by atoms with Crippen LogP contribution >= 0.6 is 15.9 Å². The van der Waals surface area contributed by atoms with Crippen LogP contribution in [0.5, 0.6) is 0 Å². The van der Waals surface area contributed by atoms with Crippen LogP contribution in [0.4, 0.5) is 5.82 Å². The lowest BCUT2D eigenvalue weighted by Crippen LogP contribution is -2.39. The zero-order chi connectivity index (χ0) is 17.6. The number of nitrogens with two attached hydrogens (primary N) is 1. The quantitative estimate of drug-likeness (QED) is 0.709. The van der Waals surface area contributed by atoms with Gasteiger partial charge in [-0.1, -0.05) is 6.92 Å². The number of piperidine rings is 1. The van der Waals surface area contributed by atoms with Gasteiger partial charge in [0.1, 0.15) is 5.82 Å². The molecule has 1 aliphatic rings. The largest absolute Gasteiger partial charge is 0.446 e. The molecule has 1 unspecified atom stereocenters. The fourth-order valence-corrected chi connectivity index (χ4v) is 3.53. The van der Waals surface area contributed by atoms with Crippen molar-refractivity contribution in [1.82, 2.24) is 19.5 Å². The van der Waals surface area contributed by atoms with E-state index in [0.717, 1.165) is 25.9 Å². The first-order chi connectivity index (χ1) is 12.0. The molecule has 0 aromatic carbocycles. The van der Waals surface area contributed by atoms with Gasteiger partial charge in [-0.15, -0.1) is 5.10 Å². The Balaban J connectivity index is 1.70. The van der Waals surface area contributed by atoms with Crippen molar-refractivity contribution in [2.75, 3.05) is 18.8 Å². The number of likely N-dealkylation sites (tertiary alicyclic amines) is 1. The summed E-state index contributed by atoms with van der Waals surface area (Å²) in [6.07, 6.45) is 2.20. The number of anilines is 1. The van der Waals surface area contributed by atoms with E-state index < -0.39 is 0 Å². The topological polar surface area (TPSA) is 89.7 Å². The van der Waals surface area contributed by atoms with Crippen molar-refractivity contribution in [3.8, 4) is 11.6 Å². The number of amides is 1. The minimum atomic E-state index is -0.00829. The molecule has 0 aliphatic carbocycles. The predicted molar refractivity (Wildman–Crippen MR) is 97.1 cm³/mol. The fraction of sp³-hybridized carbons (Fsp3) is 0.353. The number of carbonyl (C=O) groups is 1. The zero-order valence-corrected chi connectivity index (χ0v) is 15.4. The van der Waals surface area contributed by atoms with E-state index in [4.69, 9.17) is 10.2 Å². The molecule has 0 spiro atoms. The number of furan rings is 1. The lowest BCUT2D eigenvalue weighted by atomic mass is 9.99. The summed E-state index contributed by atoms with van der Waals surface area (Å²) in [5, 5.41) is 4.36. The van der Waals surface area contributed by atoms with Crippen LogP contribution in [0.15, 0.2) is 33.4 Å². The maximum Gasteiger partial charge on any atom is 0.254 e. The number of aromatic nitrogens is 3. The molecule has 1 saturated heterocycles. The smallest absolute Gasteiger partial charge is 0.254 e. The number of rotatable bonds is 2. The van der Waals surface area contributed by atoms with Gasteiger partial charge >= 0.3 is 0 Å². The second-order valence-corrected chi connectivity index (χ2v) is 7.26. The SMILES string of the molecule is CC1CCCN(C(=O)c2cc(N)n3nc(-c4ccc(Br)o4)nc3c2)C1. The Labute approximate surface area is 152 Å². The molecular weight excluding hydrogens is 386 g/mol. The van der Waals surface area contributed by atoms with Crippen LogP contribution in [-0.4, -0.2) is 38.5 Å². The first kappa shape index (κ1) is 16.1. The van der Waals surface area contributed by atoms with Crippen molar-refractivity contribution in [1.29, 1.82) is 0 Å². The van der Waals surface area contributed by atoms with Crippen LogP contribution in [0.1, 0.15) is 30.1 Å². The summed E-state index contributed by atoms with van der Waals surface area (Å²) in [7, 11) is 0. The molecular formula is C17H18BrN5O2. The van der Waals surface area contributed by atoms with Gasteiger partial charge in [-0.2, -0.15) is 4.52 Å². The molecule has 0 radical (unpaired) electrons. The lowest BCUT2D eigenvalue weighted by Gasteiger charge is -2.31. The lowest BCUT2D eigenvalue weighted by molar-refractivity contribution is 0.0683. The molecule has 0 saturated carbocycles. The van der Waals surface area contributed by atoms with Crippen molar-refractivity contribution >= 4 is 33.3 Å². The van der Waals surface area contributed by atoms with Crippen molar-refractivity contribution in [3.63, 3.8) is 0 Å². The number of halogens is 1. The van der Waals surface area contributed by atoms with Crippen molar-refractivity contribution < 1.29 is 9.21 Å². The van der Waals surface area contributed by atoms with E-state index in [1.807, 2.05) is 4.90 Å². The van der Waals surface area contributed by atoms with Gasteiger partial charge in [0.2, 0.25) is 5.82 Å². The van der Waals surface area contributed by atoms with Crippen LogP contribution in [0.3, 0.4) is 0 Å². The predicted octanol–water partition coefficient (Wildman–Crippen LogP) is 3.21. The molecule has 3 aromatic heterocycles. The summed E-state index contributed by atoms with van der Waals surface area (Å²) in [6, 6.07) is 6.94. The summed E-state index contributed by atoms with van der Waals surface area (Å²) in [5.74, 6) is 1.85. The summed E-state index contributed by atoms with van der Waals surface area (Å²) in [4.78, 5) is 19.1. The monoisotopic (exact) mass is 403 g/mol. The number of nitrogen functional groups attached to an aromatic ring is 1. The van der Waals surface area contributed by atoms with Gasteiger partial charge in [0.25, 0.3) is 5.91 Å². The Morgan fingerprint density at radius 2 is 2.24 bits per heavy atom. The molecule has 25 heavy (non-hydrogen) atoms. The average molecular weight is 404 g/mol. The third-order valence-electron chi connectivity index (χ3n) is 4.45. The third kappa shape index (κ3) is 3.02. The van der Waals surface area contributed by atoms with Crippen LogP contribution in [-0.2, 0) is 0 Å². The highest BCUT2D eigenvalue weighted by Gasteiger charge is 2.23. The van der Waals surface area contributed by atoms with Crippen LogP contribution < -0.4 is 5.73 Å². The van der Waals surface area contributed by atoms with E-state index >= 15 is 0 Å². The second-order valence-electron chi connectivity index (χ2n) is 6.48. The maximum atomic E-state index is 12.8. The van der Waals surface area contributed by atoms with Gasteiger partial charge < -0.3 is 15.1 Å². The van der Waals surface area contributed by atoms with Gasteiger partial charge in [-0.25, -0.2) is 4.98 Å². The Morgan fingerprint density at radius 1 is 1.40 bits per heavy atom. The van der Waals surface area contributed by atoms with Crippen LogP contribution in [0.2, 0.25) is 0 Å². The Kier molecular flexibility index (Phi) is 3.99. The van der Waals surface area contributed by atoms with Gasteiger partial charge in [-0.3, -0.25) is 4.79 Å². The molecule has 1 aliphatic heterocycles. The van der Waals surface area contributed by atoms with E-state index in [1.54, 1.807) is 24.3 Å². The molecule has 2 N–H and O–H groups in total. The molecule has 7 nitrogen and oxygen atoms in total. The van der Waals surface area contributed by atoms with Crippen LogP contribution in [0.25, 0.3) is 17.2 Å². The number of nitrogens with zero attached hydrogens (tertiary/aromatic N) is 4. The first-order valence-corrected chi connectivity index (χ1v) is 9.02. The molecule has 4 heterocycles. The van der Waals surface area contributed by atoms with Gasteiger partial charge in [-0.05, 0) is 59.0 Å². The molecule has 1 atom stereocenters. The highest BCUT2D eigenvalue weighted by atomic mass is 79.9. The Morgan fingerprint density at radius 3 is 2.96 bits per heavy atom.